The molecule has 0 radical (unpaired) electrons. The molecule has 1 N–H and O–H groups in total. The molecule has 2 aromatic carbocycles. The van der Waals surface area contributed by atoms with E-state index in [2.05, 4.69) is 67.7 Å². The van der Waals surface area contributed by atoms with Gasteiger partial charge in [0.15, 0.2) is 0 Å². The molecule has 0 bridgehead atoms. The lowest BCUT2D eigenvalue weighted by Crippen LogP contribution is -2.25. The topological polar surface area (TPSA) is 12.0 Å². The highest BCUT2D eigenvalue weighted by atomic mass is 14.9. The second-order valence-corrected chi connectivity index (χ2v) is 4.84. The minimum Gasteiger partial charge on any atom is -0.355 e. The Bertz CT molecular complexity index is 493. The van der Waals surface area contributed by atoms with Crippen molar-refractivity contribution in [3.8, 4) is 0 Å². The number of hydrogen-bond acceptors (Lipinski definition) is 1. The summed E-state index contributed by atoms with van der Waals surface area (Å²) in [6.45, 7) is 4.57. The third-order valence-corrected chi connectivity index (χ3v) is 3.47. The minimum atomic E-state index is 0.0818. The Morgan fingerprint density at radius 2 is 1.19 bits per heavy atom. The molecule has 0 amide bonds. The molecule has 16 heavy (non-hydrogen) atoms. The van der Waals surface area contributed by atoms with Crippen molar-refractivity contribution in [2.24, 2.45) is 0 Å². The maximum atomic E-state index is 3.50. The van der Waals surface area contributed by atoms with Crippen molar-refractivity contribution in [3.63, 3.8) is 0 Å². The summed E-state index contributed by atoms with van der Waals surface area (Å²) in [5.74, 6) is 0. The average Bonchev–Trinajstić information content (AvgIpc) is 2.29. The van der Waals surface area contributed by atoms with E-state index >= 15 is 0 Å². The van der Waals surface area contributed by atoms with Gasteiger partial charge >= 0.3 is 0 Å². The van der Waals surface area contributed by atoms with Gasteiger partial charge in [0.05, 0.1) is 0 Å². The van der Waals surface area contributed by atoms with E-state index in [1.165, 1.54) is 22.5 Å². The first-order chi connectivity index (χ1) is 7.69. The molecule has 1 aliphatic heterocycles. The summed E-state index contributed by atoms with van der Waals surface area (Å²) in [5.41, 5.74) is 5.28. The van der Waals surface area contributed by atoms with E-state index in [1.54, 1.807) is 0 Å². The van der Waals surface area contributed by atoms with Gasteiger partial charge in [-0.05, 0) is 23.3 Å². The van der Waals surface area contributed by atoms with E-state index in [0.717, 1.165) is 0 Å². The van der Waals surface area contributed by atoms with E-state index in [4.69, 9.17) is 0 Å². The number of para-hydroxylation sites is 2. The number of anilines is 2. The maximum Gasteiger partial charge on any atom is 0.0425 e. The fourth-order valence-electron chi connectivity index (χ4n) is 2.56. The third-order valence-electron chi connectivity index (χ3n) is 3.47. The first kappa shape index (κ1) is 9.46. The summed E-state index contributed by atoms with van der Waals surface area (Å²) in [5, 5.41) is 3.50. The molecular weight excluding hydrogens is 194 g/mol. The number of hydrogen-bond donors (Lipinski definition) is 1. The van der Waals surface area contributed by atoms with Gasteiger partial charge in [0, 0.05) is 16.8 Å². The first-order valence-electron chi connectivity index (χ1n) is 5.65. The maximum absolute atomic E-state index is 3.50. The zero-order valence-corrected chi connectivity index (χ0v) is 9.62. The van der Waals surface area contributed by atoms with Crippen LogP contribution in [0.5, 0.6) is 0 Å². The van der Waals surface area contributed by atoms with Crippen molar-refractivity contribution in [1.29, 1.82) is 0 Å². The monoisotopic (exact) mass is 209 g/mol. The Kier molecular flexibility index (Phi) is 1.84. The van der Waals surface area contributed by atoms with E-state index in [1.807, 2.05) is 0 Å². The van der Waals surface area contributed by atoms with Crippen LogP contribution >= 0.6 is 0 Å². The van der Waals surface area contributed by atoms with Crippen molar-refractivity contribution < 1.29 is 0 Å². The highest BCUT2D eigenvalue weighted by Gasteiger charge is 2.31. The molecule has 0 atom stereocenters. The van der Waals surface area contributed by atoms with Crippen LogP contribution in [0.1, 0.15) is 25.0 Å². The summed E-state index contributed by atoms with van der Waals surface area (Å²) >= 11 is 0. The summed E-state index contributed by atoms with van der Waals surface area (Å²) in [7, 11) is 0. The van der Waals surface area contributed by atoms with Crippen molar-refractivity contribution in [2.75, 3.05) is 5.32 Å². The minimum absolute atomic E-state index is 0.0818. The fraction of sp³-hybridized carbons (Fsp3) is 0.200. The average molecular weight is 209 g/mol. The van der Waals surface area contributed by atoms with Crippen molar-refractivity contribution in [1.82, 2.24) is 0 Å². The van der Waals surface area contributed by atoms with Crippen molar-refractivity contribution in [3.05, 3.63) is 59.7 Å². The zero-order valence-electron chi connectivity index (χ0n) is 9.62. The lowest BCUT2D eigenvalue weighted by Gasteiger charge is -2.35. The van der Waals surface area contributed by atoms with Gasteiger partial charge in [-0.1, -0.05) is 50.2 Å². The lowest BCUT2D eigenvalue weighted by atomic mass is 9.74. The van der Waals surface area contributed by atoms with Gasteiger partial charge < -0.3 is 5.32 Å². The molecule has 0 saturated carbocycles. The Morgan fingerprint density at radius 1 is 0.750 bits per heavy atom. The molecule has 0 aliphatic carbocycles. The van der Waals surface area contributed by atoms with Crippen LogP contribution in [-0.2, 0) is 5.41 Å². The normalized spacial score (nSPS) is 15.9. The zero-order chi connectivity index (χ0) is 11.2. The molecule has 1 aliphatic rings. The Hall–Kier alpha value is -1.76. The highest BCUT2D eigenvalue weighted by molar-refractivity contribution is 5.75. The molecule has 3 rings (SSSR count). The van der Waals surface area contributed by atoms with Gasteiger partial charge in [0.25, 0.3) is 0 Å². The molecule has 0 saturated heterocycles. The molecule has 0 fully saturated rings. The van der Waals surface area contributed by atoms with Crippen LogP contribution in [0.15, 0.2) is 48.5 Å². The van der Waals surface area contributed by atoms with E-state index in [-0.39, 0.29) is 5.41 Å². The lowest BCUT2D eigenvalue weighted by molar-refractivity contribution is 0.638. The Morgan fingerprint density at radius 3 is 1.69 bits per heavy atom. The SMILES string of the molecule is CC1(C)c2ccccc2Nc2ccccc21. The van der Waals surface area contributed by atoms with E-state index in [0.29, 0.717) is 0 Å². The molecule has 0 aromatic heterocycles. The largest absolute Gasteiger partial charge is 0.355 e. The number of nitrogens with one attached hydrogen (secondary N) is 1. The second kappa shape index (κ2) is 3.11. The van der Waals surface area contributed by atoms with Crippen LogP contribution < -0.4 is 5.32 Å². The summed E-state index contributed by atoms with van der Waals surface area (Å²) < 4.78 is 0. The van der Waals surface area contributed by atoms with E-state index < -0.39 is 0 Å². The first-order valence-corrected chi connectivity index (χ1v) is 5.65. The predicted octanol–water partition coefficient (Wildman–Crippen LogP) is 4.07. The summed E-state index contributed by atoms with van der Waals surface area (Å²) in [6.07, 6.45) is 0. The second-order valence-electron chi connectivity index (χ2n) is 4.84. The third kappa shape index (κ3) is 1.18. The molecular formula is C15H15N. The van der Waals surface area contributed by atoms with Crippen LogP contribution in [0.2, 0.25) is 0 Å². The van der Waals surface area contributed by atoms with E-state index in [9.17, 15) is 0 Å². The molecule has 80 valence electrons. The smallest absolute Gasteiger partial charge is 0.0425 e. The molecule has 1 heterocycles. The van der Waals surface area contributed by atoms with Gasteiger partial charge in [0.2, 0.25) is 0 Å². The molecule has 0 spiro atoms. The summed E-state index contributed by atoms with van der Waals surface area (Å²) in [6, 6.07) is 17.1. The molecule has 1 heteroatoms. The van der Waals surface area contributed by atoms with Gasteiger partial charge in [-0.2, -0.15) is 0 Å². The standard InChI is InChI=1S/C15H15N/c1-15(2)11-7-3-5-9-13(11)16-14-10-6-4-8-12(14)15/h3-10,16H,1-2H3. The predicted molar refractivity (Wildman–Crippen MR) is 68.3 cm³/mol. The van der Waals surface area contributed by atoms with Crippen molar-refractivity contribution in [2.45, 2.75) is 19.3 Å². The van der Waals surface area contributed by atoms with Crippen molar-refractivity contribution >= 4 is 11.4 Å². The van der Waals surface area contributed by atoms with Crippen LogP contribution in [0.4, 0.5) is 11.4 Å². The van der Waals surface area contributed by atoms with Gasteiger partial charge in [-0.3, -0.25) is 0 Å². The van der Waals surface area contributed by atoms with Crippen LogP contribution in [-0.4, -0.2) is 0 Å². The van der Waals surface area contributed by atoms with Gasteiger partial charge in [-0.25, -0.2) is 0 Å². The quantitative estimate of drug-likeness (QED) is 0.689. The Balaban J connectivity index is 2.28. The van der Waals surface area contributed by atoms with Crippen LogP contribution in [0.25, 0.3) is 0 Å². The molecule has 1 nitrogen and oxygen atoms in total. The van der Waals surface area contributed by atoms with Crippen LogP contribution in [0.3, 0.4) is 0 Å². The summed E-state index contributed by atoms with van der Waals surface area (Å²) in [4.78, 5) is 0. The number of benzene rings is 2. The molecule has 2 aromatic rings. The van der Waals surface area contributed by atoms with Crippen LogP contribution in [0, 0.1) is 0 Å². The fourth-order valence-corrected chi connectivity index (χ4v) is 2.56. The number of fused-ring (bicyclic) bond motifs is 2. The van der Waals surface area contributed by atoms with Gasteiger partial charge in [-0.15, -0.1) is 0 Å². The Labute approximate surface area is 96.1 Å². The van der Waals surface area contributed by atoms with Gasteiger partial charge in [0.1, 0.15) is 0 Å². The number of rotatable bonds is 0. The molecule has 0 unspecified atom stereocenters. The highest BCUT2D eigenvalue weighted by Crippen LogP contribution is 2.44.